The summed E-state index contributed by atoms with van der Waals surface area (Å²) >= 11 is 0. The molecule has 0 saturated carbocycles. The molecule has 1 saturated heterocycles. The maximum absolute atomic E-state index is 12.4. The van der Waals surface area contributed by atoms with Gasteiger partial charge in [-0.15, -0.1) is 0 Å². The van der Waals surface area contributed by atoms with E-state index in [4.69, 9.17) is 0 Å². The van der Waals surface area contributed by atoms with E-state index in [0.717, 1.165) is 9.58 Å². The van der Waals surface area contributed by atoms with E-state index in [-0.39, 0.29) is 22.4 Å². The Morgan fingerprint density at radius 2 is 1.87 bits per heavy atom. The third-order valence-corrected chi connectivity index (χ3v) is 3.73. The maximum atomic E-state index is 12.4. The monoisotopic (exact) mass is 315 g/mol. The molecule has 1 aliphatic rings. The number of amides is 2. The van der Waals surface area contributed by atoms with Crippen molar-refractivity contribution in [2.24, 2.45) is 0 Å². The minimum atomic E-state index is -1.29. The van der Waals surface area contributed by atoms with Gasteiger partial charge in [0.1, 0.15) is 6.54 Å². The molecule has 23 heavy (non-hydrogen) atoms. The first kappa shape index (κ1) is 14.9. The van der Waals surface area contributed by atoms with Crippen molar-refractivity contribution >= 4 is 28.6 Å². The molecule has 3 rings (SSSR count). The lowest BCUT2D eigenvalue weighted by molar-refractivity contribution is -0.142. The van der Waals surface area contributed by atoms with Gasteiger partial charge < -0.3 is 5.11 Å². The number of aromatic carboxylic acids is 1. The average molecular weight is 315 g/mol. The highest BCUT2D eigenvalue weighted by atomic mass is 16.4. The first-order chi connectivity index (χ1) is 11.0. The zero-order chi connectivity index (χ0) is 16.6. The van der Waals surface area contributed by atoms with Crippen LogP contribution in [0.1, 0.15) is 23.3 Å². The van der Waals surface area contributed by atoms with E-state index in [9.17, 15) is 24.3 Å². The van der Waals surface area contributed by atoms with Crippen LogP contribution in [-0.2, 0) is 16.1 Å². The lowest BCUT2D eigenvalue weighted by Gasteiger charge is -2.14. The van der Waals surface area contributed by atoms with Crippen molar-refractivity contribution in [3.8, 4) is 0 Å². The molecule has 0 unspecified atom stereocenters. The first-order valence-electron chi connectivity index (χ1n) is 7.05. The second kappa shape index (κ2) is 5.64. The quantitative estimate of drug-likeness (QED) is 0.869. The number of carboxylic acids is 1. The number of imide groups is 1. The van der Waals surface area contributed by atoms with Crippen molar-refractivity contribution in [1.29, 1.82) is 0 Å². The minimum absolute atomic E-state index is 0.167. The van der Waals surface area contributed by atoms with E-state index in [2.05, 4.69) is 5.10 Å². The SMILES string of the molecule is O=C(O)c1nn(CC(=O)N2CCCC2=O)c(=O)c2ccccc12. The molecule has 0 bridgehead atoms. The van der Waals surface area contributed by atoms with Gasteiger partial charge in [-0.05, 0) is 12.5 Å². The summed E-state index contributed by atoms with van der Waals surface area (Å²) in [5.41, 5.74) is -0.869. The number of fused-ring (bicyclic) bond motifs is 1. The number of aromatic nitrogens is 2. The molecule has 1 aromatic carbocycles. The fraction of sp³-hybridized carbons (Fsp3) is 0.267. The molecule has 0 atom stereocenters. The van der Waals surface area contributed by atoms with E-state index < -0.39 is 24.0 Å². The number of carbonyl (C=O) groups is 3. The number of carboxylic acid groups (broad SMARTS) is 1. The number of rotatable bonds is 3. The third-order valence-electron chi connectivity index (χ3n) is 3.73. The van der Waals surface area contributed by atoms with Gasteiger partial charge in [0.2, 0.25) is 5.91 Å². The zero-order valence-corrected chi connectivity index (χ0v) is 12.1. The van der Waals surface area contributed by atoms with Gasteiger partial charge >= 0.3 is 5.97 Å². The summed E-state index contributed by atoms with van der Waals surface area (Å²) in [6.07, 6.45) is 0.886. The van der Waals surface area contributed by atoms with Gasteiger partial charge in [-0.25, -0.2) is 9.48 Å². The number of nitrogens with zero attached hydrogens (tertiary/aromatic N) is 3. The highest BCUT2D eigenvalue weighted by Crippen LogP contribution is 2.14. The molecular weight excluding hydrogens is 302 g/mol. The maximum Gasteiger partial charge on any atom is 0.357 e. The second-order valence-electron chi connectivity index (χ2n) is 5.20. The Labute approximate surface area is 129 Å². The number of hydrogen-bond donors (Lipinski definition) is 1. The van der Waals surface area contributed by atoms with Gasteiger partial charge in [0.25, 0.3) is 11.5 Å². The van der Waals surface area contributed by atoms with Crippen molar-refractivity contribution in [3.05, 3.63) is 40.3 Å². The summed E-state index contributed by atoms with van der Waals surface area (Å²) < 4.78 is 0.805. The van der Waals surface area contributed by atoms with Gasteiger partial charge in [-0.2, -0.15) is 5.10 Å². The van der Waals surface area contributed by atoms with Crippen LogP contribution in [0.4, 0.5) is 0 Å². The van der Waals surface area contributed by atoms with E-state index in [1.807, 2.05) is 0 Å². The molecule has 2 amide bonds. The number of hydrogen-bond acceptors (Lipinski definition) is 5. The van der Waals surface area contributed by atoms with Crippen LogP contribution < -0.4 is 5.56 Å². The highest BCUT2D eigenvalue weighted by molar-refractivity contribution is 6.01. The fourth-order valence-corrected chi connectivity index (χ4v) is 2.63. The lowest BCUT2D eigenvalue weighted by atomic mass is 10.1. The van der Waals surface area contributed by atoms with E-state index in [1.54, 1.807) is 12.1 Å². The van der Waals surface area contributed by atoms with Gasteiger partial charge in [-0.3, -0.25) is 19.3 Å². The average Bonchev–Trinajstić information content (AvgIpc) is 2.96. The Kier molecular flexibility index (Phi) is 3.65. The van der Waals surface area contributed by atoms with Crippen molar-refractivity contribution in [1.82, 2.24) is 14.7 Å². The molecule has 118 valence electrons. The molecule has 1 aromatic heterocycles. The van der Waals surface area contributed by atoms with Gasteiger partial charge in [0.05, 0.1) is 5.39 Å². The third kappa shape index (κ3) is 2.59. The normalized spacial score (nSPS) is 14.4. The Morgan fingerprint density at radius 1 is 1.17 bits per heavy atom. The Morgan fingerprint density at radius 3 is 2.48 bits per heavy atom. The highest BCUT2D eigenvalue weighted by Gasteiger charge is 2.27. The first-order valence-corrected chi connectivity index (χ1v) is 7.05. The topological polar surface area (TPSA) is 110 Å². The zero-order valence-electron chi connectivity index (χ0n) is 12.1. The molecule has 2 heterocycles. The van der Waals surface area contributed by atoms with Crippen molar-refractivity contribution in [2.75, 3.05) is 6.54 Å². The molecule has 8 heteroatoms. The lowest BCUT2D eigenvalue weighted by Crippen LogP contribution is -2.38. The van der Waals surface area contributed by atoms with E-state index >= 15 is 0 Å². The smallest absolute Gasteiger partial charge is 0.357 e. The number of carbonyl (C=O) groups excluding carboxylic acids is 2. The van der Waals surface area contributed by atoms with E-state index in [0.29, 0.717) is 19.4 Å². The van der Waals surface area contributed by atoms with Crippen molar-refractivity contribution < 1.29 is 19.5 Å². The molecule has 8 nitrogen and oxygen atoms in total. The molecule has 1 fully saturated rings. The summed E-state index contributed by atoms with van der Waals surface area (Å²) in [5.74, 6) is -2.14. The molecule has 0 radical (unpaired) electrons. The summed E-state index contributed by atoms with van der Waals surface area (Å²) in [4.78, 5) is 48.5. The summed E-state index contributed by atoms with van der Waals surface area (Å²) in [6.45, 7) is -0.151. The molecule has 0 aliphatic carbocycles. The Hall–Kier alpha value is -3.03. The van der Waals surface area contributed by atoms with Crippen LogP contribution in [0.3, 0.4) is 0 Å². The number of likely N-dealkylation sites (tertiary alicyclic amines) is 1. The summed E-state index contributed by atoms with van der Waals surface area (Å²) in [5, 5.41) is 13.4. The minimum Gasteiger partial charge on any atom is -0.476 e. The van der Waals surface area contributed by atoms with Crippen LogP contribution in [0.2, 0.25) is 0 Å². The van der Waals surface area contributed by atoms with Crippen LogP contribution in [0.25, 0.3) is 10.8 Å². The summed E-state index contributed by atoms with van der Waals surface area (Å²) in [7, 11) is 0. The molecule has 1 N–H and O–H groups in total. The molecule has 0 spiro atoms. The van der Waals surface area contributed by atoms with Crippen molar-refractivity contribution in [3.63, 3.8) is 0 Å². The van der Waals surface area contributed by atoms with Crippen LogP contribution in [0, 0.1) is 0 Å². The van der Waals surface area contributed by atoms with Gasteiger partial charge in [0, 0.05) is 18.4 Å². The predicted molar refractivity (Wildman–Crippen MR) is 78.9 cm³/mol. The van der Waals surface area contributed by atoms with E-state index in [1.165, 1.54) is 12.1 Å². The Bertz CT molecular complexity index is 886. The van der Waals surface area contributed by atoms with Crippen LogP contribution in [-0.4, -0.2) is 44.1 Å². The predicted octanol–water partition coefficient (Wildman–Crippen LogP) is 0.244. The molecular formula is C15H13N3O5. The molecule has 2 aromatic rings. The fourth-order valence-electron chi connectivity index (χ4n) is 2.63. The molecule has 1 aliphatic heterocycles. The summed E-state index contributed by atoms with van der Waals surface area (Å²) in [6, 6.07) is 6.18. The van der Waals surface area contributed by atoms with Crippen LogP contribution in [0.5, 0.6) is 0 Å². The largest absolute Gasteiger partial charge is 0.476 e. The van der Waals surface area contributed by atoms with Gasteiger partial charge in [0.15, 0.2) is 5.69 Å². The van der Waals surface area contributed by atoms with Gasteiger partial charge in [-0.1, -0.05) is 18.2 Å². The number of benzene rings is 1. The standard InChI is InChI=1S/C15H13N3O5/c19-11-6-3-7-17(11)12(20)8-18-14(21)10-5-2-1-4-9(10)13(16-18)15(22)23/h1-2,4-5H,3,6-8H2,(H,22,23). The second-order valence-corrected chi connectivity index (χ2v) is 5.20. The van der Waals surface area contributed by atoms with Crippen molar-refractivity contribution in [2.45, 2.75) is 19.4 Å². The Balaban J connectivity index is 2.06. The van der Waals surface area contributed by atoms with Crippen LogP contribution in [0.15, 0.2) is 29.1 Å². The van der Waals surface area contributed by atoms with Crippen LogP contribution >= 0.6 is 0 Å².